The van der Waals surface area contributed by atoms with Crippen molar-refractivity contribution in [3.63, 3.8) is 0 Å². The van der Waals surface area contributed by atoms with Gasteiger partial charge in [0.1, 0.15) is 6.61 Å². The minimum absolute atomic E-state index is 0.155. The lowest BCUT2D eigenvalue weighted by Gasteiger charge is -2.34. The fourth-order valence-corrected chi connectivity index (χ4v) is 3.28. The molecule has 1 N–H and O–H groups in total. The van der Waals surface area contributed by atoms with Gasteiger partial charge in [0.25, 0.3) is 0 Å². The van der Waals surface area contributed by atoms with Gasteiger partial charge in [-0.1, -0.05) is 29.3 Å². The number of para-hydroxylation sites is 1. The molecule has 2 fully saturated rings. The fraction of sp³-hybridized carbons (Fsp3) is 0.588. The third kappa shape index (κ3) is 5.24. The standard InChI is InChI=1S/C17H23Cl2N3O2/c18-14-2-1-3-15(19)17(14)24-11-10-21-6-8-22(9-7-21)12-16(23)20-13-4-5-13/h1-3,13H,4-12H2,(H,20,23). The van der Waals surface area contributed by atoms with Crippen LogP contribution in [0.2, 0.25) is 10.0 Å². The van der Waals surface area contributed by atoms with Crippen LogP contribution in [0.1, 0.15) is 12.8 Å². The van der Waals surface area contributed by atoms with E-state index in [9.17, 15) is 4.79 Å². The molecule has 0 aromatic heterocycles. The Morgan fingerprint density at radius 1 is 1.12 bits per heavy atom. The van der Waals surface area contributed by atoms with E-state index in [1.807, 2.05) is 0 Å². The first-order chi connectivity index (χ1) is 11.6. The van der Waals surface area contributed by atoms with Gasteiger partial charge in [-0.2, -0.15) is 0 Å². The zero-order valence-electron chi connectivity index (χ0n) is 13.6. The summed E-state index contributed by atoms with van der Waals surface area (Å²) in [6.45, 7) is 5.58. The van der Waals surface area contributed by atoms with E-state index in [0.717, 1.165) is 45.6 Å². The molecule has 24 heavy (non-hydrogen) atoms. The largest absolute Gasteiger partial charge is 0.489 e. The number of halogens is 2. The van der Waals surface area contributed by atoms with Crippen molar-refractivity contribution in [2.45, 2.75) is 18.9 Å². The monoisotopic (exact) mass is 371 g/mol. The molecular formula is C17H23Cl2N3O2. The zero-order valence-corrected chi connectivity index (χ0v) is 15.2. The Balaban J connectivity index is 1.34. The third-order valence-electron chi connectivity index (χ3n) is 4.35. The highest BCUT2D eigenvalue weighted by Crippen LogP contribution is 2.32. The quantitative estimate of drug-likeness (QED) is 0.798. The lowest BCUT2D eigenvalue weighted by Crippen LogP contribution is -2.50. The first kappa shape index (κ1) is 17.8. The topological polar surface area (TPSA) is 44.8 Å². The molecule has 0 spiro atoms. The van der Waals surface area contributed by atoms with Crippen LogP contribution < -0.4 is 10.1 Å². The van der Waals surface area contributed by atoms with Crippen LogP contribution in [0.5, 0.6) is 5.75 Å². The van der Waals surface area contributed by atoms with Gasteiger partial charge < -0.3 is 10.1 Å². The number of benzene rings is 1. The summed E-state index contributed by atoms with van der Waals surface area (Å²) in [5.74, 6) is 0.707. The summed E-state index contributed by atoms with van der Waals surface area (Å²) in [6, 6.07) is 5.78. The highest BCUT2D eigenvalue weighted by molar-refractivity contribution is 6.37. The molecule has 1 aromatic carbocycles. The SMILES string of the molecule is O=C(CN1CCN(CCOc2c(Cl)cccc2Cl)CC1)NC1CC1. The molecule has 1 aliphatic carbocycles. The van der Waals surface area contributed by atoms with E-state index in [1.54, 1.807) is 18.2 Å². The summed E-state index contributed by atoms with van der Waals surface area (Å²) in [6.07, 6.45) is 2.27. The van der Waals surface area contributed by atoms with Crippen LogP contribution in [0, 0.1) is 0 Å². The van der Waals surface area contributed by atoms with E-state index in [2.05, 4.69) is 15.1 Å². The van der Waals surface area contributed by atoms with E-state index in [-0.39, 0.29) is 5.91 Å². The molecule has 1 amide bonds. The highest BCUT2D eigenvalue weighted by Gasteiger charge is 2.25. The minimum atomic E-state index is 0.155. The summed E-state index contributed by atoms with van der Waals surface area (Å²) in [7, 11) is 0. The van der Waals surface area contributed by atoms with Crippen molar-refractivity contribution in [2.75, 3.05) is 45.9 Å². The maximum absolute atomic E-state index is 11.8. The molecule has 1 aliphatic heterocycles. The van der Waals surface area contributed by atoms with Gasteiger partial charge >= 0.3 is 0 Å². The molecule has 132 valence electrons. The molecule has 5 nitrogen and oxygen atoms in total. The van der Waals surface area contributed by atoms with Crippen molar-refractivity contribution in [2.24, 2.45) is 0 Å². The normalized spacial score (nSPS) is 19.2. The number of piperazine rings is 1. The number of hydrogen-bond donors (Lipinski definition) is 1. The molecule has 0 atom stereocenters. The Morgan fingerprint density at radius 2 is 1.75 bits per heavy atom. The van der Waals surface area contributed by atoms with Gasteiger partial charge in [0, 0.05) is 38.8 Å². The molecule has 1 aromatic rings. The number of carbonyl (C=O) groups is 1. The van der Waals surface area contributed by atoms with Crippen molar-refractivity contribution in [1.29, 1.82) is 0 Å². The van der Waals surface area contributed by atoms with Crippen LogP contribution >= 0.6 is 23.2 Å². The smallest absolute Gasteiger partial charge is 0.234 e. The molecule has 1 saturated carbocycles. The molecule has 7 heteroatoms. The fourth-order valence-electron chi connectivity index (χ4n) is 2.77. The first-order valence-corrected chi connectivity index (χ1v) is 9.18. The van der Waals surface area contributed by atoms with Gasteiger partial charge in [0.2, 0.25) is 5.91 Å². The van der Waals surface area contributed by atoms with Crippen molar-refractivity contribution < 1.29 is 9.53 Å². The van der Waals surface area contributed by atoms with Gasteiger partial charge in [-0.15, -0.1) is 0 Å². The molecule has 3 rings (SSSR count). The summed E-state index contributed by atoms with van der Waals surface area (Å²) in [5, 5.41) is 4.11. The number of ether oxygens (including phenoxy) is 1. The predicted octanol–water partition coefficient (Wildman–Crippen LogP) is 2.27. The Bertz CT molecular complexity index is 553. The van der Waals surface area contributed by atoms with Crippen molar-refractivity contribution >= 4 is 29.1 Å². The van der Waals surface area contributed by atoms with Crippen LogP contribution in [0.4, 0.5) is 0 Å². The second-order valence-electron chi connectivity index (χ2n) is 6.36. The molecular weight excluding hydrogens is 349 g/mol. The lowest BCUT2D eigenvalue weighted by molar-refractivity contribution is -0.122. The molecule has 1 heterocycles. The summed E-state index contributed by atoms with van der Waals surface area (Å²) in [5.41, 5.74) is 0. The van der Waals surface area contributed by atoms with Gasteiger partial charge in [0.15, 0.2) is 5.75 Å². The van der Waals surface area contributed by atoms with Crippen LogP contribution in [0.25, 0.3) is 0 Å². The zero-order chi connectivity index (χ0) is 16.9. The molecule has 2 aliphatic rings. The van der Waals surface area contributed by atoms with Crippen molar-refractivity contribution in [3.8, 4) is 5.75 Å². The number of hydrogen-bond acceptors (Lipinski definition) is 4. The maximum atomic E-state index is 11.8. The average molecular weight is 372 g/mol. The summed E-state index contributed by atoms with van der Waals surface area (Å²) < 4.78 is 5.73. The van der Waals surface area contributed by atoms with Gasteiger partial charge in [0.05, 0.1) is 16.6 Å². The van der Waals surface area contributed by atoms with Crippen LogP contribution in [0.3, 0.4) is 0 Å². The second-order valence-corrected chi connectivity index (χ2v) is 7.17. The number of carbonyl (C=O) groups excluding carboxylic acids is 1. The highest BCUT2D eigenvalue weighted by atomic mass is 35.5. The second kappa shape index (κ2) is 8.39. The number of nitrogens with one attached hydrogen (secondary N) is 1. The van der Waals surface area contributed by atoms with Crippen LogP contribution in [-0.2, 0) is 4.79 Å². The molecule has 0 bridgehead atoms. The Kier molecular flexibility index (Phi) is 6.22. The number of nitrogens with zero attached hydrogens (tertiary/aromatic N) is 2. The molecule has 0 radical (unpaired) electrons. The van der Waals surface area contributed by atoms with Gasteiger partial charge in [-0.05, 0) is 25.0 Å². The number of rotatable bonds is 7. The Labute approximate surface area is 152 Å². The van der Waals surface area contributed by atoms with Crippen molar-refractivity contribution in [3.05, 3.63) is 28.2 Å². The van der Waals surface area contributed by atoms with E-state index in [1.165, 1.54) is 0 Å². The van der Waals surface area contributed by atoms with Gasteiger partial charge in [-0.25, -0.2) is 0 Å². The van der Waals surface area contributed by atoms with E-state index >= 15 is 0 Å². The summed E-state index contributed by atoms with van der Waals surface area (Å²) >= 11 is 12.2. The Hall–Kier alpha value is -1.01. The van der Waals surface area contributed by atoms with E-state index in [0.29, 0.717) is 35.0 Å². The first-order valence-electron chi connectivity index (χ1n) is 8.42. The molecule has 0 unspecified atom stereocenters. The van der Waals surface area contributed by atoms with Crippen LogP contribution in [-0.4, -0.2) is 67.6 Å². The van der Waals surface area contributed by atoms with E-state index in [4.69, 9.17) is 27.9 Å². The van der Waals surface area contributed by atoms with Crippen LogP contribution in [0.15, 0.2) is 18.2 Å². The summed E-state index contributed by atoms with van der Waals surface area (Å²) in [4.78, 5) is 16.4. The third-order valence-corrected chi connectivity index (χ3v) is 4.94. The maximum Gasteiger partial charge on any atom is 0.234 e. The minimum Gasteiger partial charge on any atom is -0.489 e. The lowest BCUT2D eigenvalue weighted by atomic mass is 10.3. The Morgan fingerprint density at radius 3 is 2.38 bits per heavy atom. The van der Waals surface area contributed by atoms with Crippen molar-refractivity contribution in [1.82, 2.24) is 15.1 Å². The predicted molar refractivity (Wildman–Crippen MR) is 96.0 cm³/mol. The molecule has 1 saturated heterocycles. The average Bonchev–Trinajstić information content (AvgIpc) is 3.35. The van der Waals surface area contributed by atoms with E-state index < -0.39 is 0 Å². The van der Waals surface area contributed by atoms with Gasteiger partial charge in [-0.3, -0.25) is 14.6 Å². The number of amides is 1.